The quantitative estimate of drug-likeness (QED) is 0.630. The molecular formula is C11H18N4O3. The van der Waals surface area contributed by atoms with Crippen LogP contribution in [0.4, 0.5) is 5.95 Å². The van der Waals surface area contributed by atoms with Crippen LogP contribution in [0.15, 0.2) is 18.5 Å². The van der Waals surface area contributed by atoms with E-state index in [-0.39, 0.29) is 38.8 Å². The average molecular weight is 254 g/mol. The van der Waals surface area contributed by atoms with Gasteiger partial charge < -0.3 is 20.0 Å². The van der Waals surface area contributed by atoms with E-state index < -0.39 is 0 Å². The molecule has 0 aliphatic heterocycles. The van der Waals surface area contributed by atoms with E-state index in [9.17, 15) is 4.79 Å². The minimum absolute atomic E-state index is 0.101. The molecule has 18 heavy (non-hydrogen) atoms. The summed E-state index contributed by atoms with van der Waals surface area (Å²) in [7, 11) is 1.71. The predicted octanol–water partition coefficient (Wildman–Crippen LogP) is -1.27. The minimum atomic E-state index is -0.187. The maximum atomic E-state index is 11.9. The van der Waals surface area contributed by atoms with Crippen LogP contribution in [0.5, 0.6) is 0 Å². The number of carbonyl (C=O) groups is 1. The first-order chi connectivity index (χ1) is 8.69. The number of nitrogens with zero attached hydrogens (tertiary/aromatic N) is 4. The molecule has 1 heterocycles. The van der Waals surface area contributed by atoms with Crippen LogP contribution >= 0.6 is 0 Å². The second-order valence-electron chi connectivity index (χ2n) is 3.73. The van der Waals surface area contributed by atoms with Crippen molar-refractivity contribution >= 4 is 11.9 Å². The van der Waals surface area contributed by atoms with E-state index in [2.05, 4.69) is 9.97 Å². The SMILES string of the molecule is CN(CC(=O)N(CCO)CCO)c1ncccn1. The highest BCUT2D eigenvalue weighted by molar-refractivity contribution is 5.80. The van der Waals surface area contributed by atoms with Gasteiger partial charge in [-0.1, -0.05) is 0 Å². The largest absolute Gasteiger partial charge is 0.395 e. The number of hydrogen-bond donors (Lipinski definition) is 2. The zero-order valence-corrected chi connectivity index (χ0v) is 10.4. The first-order valence-corrected chi connectivity index (χ1v) is 5.66. The summed E-state index contributed by atoms with van der Waals surface area (Å²) in [6, 6.07) is 1.70. The fourth-order valence-electron chi connectivity index (χ4n) is 1.46. The molecule has 1 amide bonds. The van der Waals surface area contributed by atoms with Gasteiger partial charge in [-0.25, -0.2) is 9.97 Å². The van der Waals surface area contributed by atoms with Gasteiger partial charge in [-0.3, -0.25) is 4.79 Å². The Labute approximate surface area is 106 Å². The fraction of sp³-hybridized carbons (Fsp3) is 0.545. The molecule has 0 aromatic carbocycles. The highest BCUT2D eigenvalue weighted by atomic mass is 16.3. The number of hydrogen-bond acceptors (Lipinski definition) is 6. The Kier molecular flexibility index (Phi) is 6.03. The Hall–Kier alpha value is -1.73. The highest BCUT2D eigenvalue weighted by Gasteiger charge is 2.15. The molecule has 0 atom stereocenters. The van der Waals surface area contributed by atoms with Gasteiger partial charge in [0.15, 0.2) is 0 Å². The summed E-state index contributed by atoms with van der Waals surface area (Å²) < 4.78 is 0. The molecule has 1 aromatic heterocycles. The smallest absolute Gasteiger partial charge is 0.242 e. The maximum Gasteiger partial charge on any atom is 0.242 e. The van der Waals surface area contributed by atoms with Crippen molar-refractivity contribution in [3.8, 4) is 0 Å². The molecule has 1 aromatic rings. The molecule has 7 heteroatoms. The second-order valence-corrected chi connectivity index (χ2v) is 3.73. The van der Waals surface area contributed by atoms with Crippen LogP contribution in [0.25, 0.3) is 0 Å². The van der Waals surface area contributed by atoms with Crippen molar-refractivity contribution in [2.75, 3.05) is 44.8 Å². The molecule has 0 fully saturated rings. The topological polar surface area (TPSA) is 89.8 Å². The lowest BCUT2D eigenvalue weighted by Gasteiger charge is -2.24. The van der Waals surface area contributed by atoms with Crippen LogP contribution in [0.1, 0.15) is 0 Å². The predicted molar refractivity (Wildman–Crippen MR) is 66.1 cm³/mol. The van der Waals surface area contributed by atoms with Crippen molar-refractivity contribution in [1.82, 2.24) is 14.9 Å². The number of amides is 1. The average Bonchev–Trinajstić information content (AvgIpc) is 2.39. The molecule has 0 aliphatic rings. The molecule has 2 N–H and O–H groups in total. The molecule has 100 valence electrons. The van der Waals surface area contributed by atoms with E-state index in [0.717, 1.165) is 0 Å². The van der Waals surface area contributed by atoms with Gasteiger partial charge in [0.1, 0.15) is 0 Å². The molecule has 0 aliphatic carbocycles. The number of aliphatic hydroxyl groups excluding tert-OH is 2. The van der Waals surface area contributed by atoms with E-state index in [1.54, 1.807) is 30.4 Å². The monoisotopic (exact) mass is 254 g/mol. The lowest BCUT2D eigenvalue weighted by atomic mass is 10.4. The van der Waals surface area contributed by atoms with Crippen LogP contribution in [-0.4, -0.2) is 70.9 Å². The Bertz CT molecular complexity index is 355. The minimum Gasteiger partial charge on any atom is -0.395 e. The van der Waals surface area contributed by atoms with E-state index in [0.29, 0.717) is 5.95 Å². The molecule has 0 unspecified atom stereocenters. The number of carbonyl (C=O) groups excluding carboxylic acids is 1. The summed E-state index contributed by atoms with van der Waals surface area (Å²) >= 11 is 0. The summed E-state index contributed by atoms with van der Waals surface area (Å²) in [6.45, 7) is 0.268. The first kappa shape index (κ1) is 14.3. The van der Waals surface area contributed by atoms with Crippen LogP contribution in [0.3, 0.4) is 0 Å². The van der Waals surface area contributed by atoms with Gasteiger partial charge >= 0.3 is 0 Å². The summed E-state index contributed by atoms with van der Waals surface area (Å²) in [4.78, 5) is 23.0. The zero-order chi connectivity index (χ0) is 13.4. The third kappa shape index (κ3) is 4.27. The van der Waals surface area contributed by atoms with Gasteiger partial charge in [-0.15, -0.1) is 0 Å². The van der Waals surface area contributed by atoms with E-state index in [4.69, 9.17) is 10.2 Å². The van der Waals surface area contributed by atoms with Crippen molar-refractivity contribution in [2.45, 2.75) is 0 Å². The summed E-state index contributed by atoms with van der Waals surface area (Å²) in [5.41, 5.74) is 0. The normalized spacial score (nSPS) is 10.2. The molecule has 0 bridgehead atoms. The zero-order valence-electron chi connectivity index (χ0n) is 10.4. The summed E-state index contributed by atoms with van der Waals surface area (Å²) in [5.74, 6) is 0.270. The van der Waals surface area contributed by atoms with Crippen molar-refractivity contribution in [3.05, 3.63) is 18.5 Å². The van der Waals surface area contributed by atoms with Crippen LogP contribution in [0, 0.1) is 0 Å². The fourth-order valence-corrected chi connectivity index (χ4v) is 1.46. The number of aromatic nitrogens is 2. The van der Waals surface area contributed by atoms with Gasteiger partial charge in [0.2, 0.25) is 11.9 Å². The van der Waals surface area contributed by atoms with Gasteiger partial charge in [0, 0.05) is 32.5 Å². The van der Waals surface area contributed by atoms with E-state index in [1.165, 1.54) is 4.90 Å². The Balaban J connectivity index is 2.57. The van der Waals surface area contributed by atoms with Crippen LogP contribution < -0.4 is 4.90 Å². The second kappa shape index (κ2) is 7.57. The molecule has 0 saturated carbocycles. The van der Waals surface area contributed by atoms with E-state index in [1.807, 2.05) is 0 Å². The number of anilines is 1. The maximum absolute atomic E-state index is 11.9. The number of rotatable bonds is 7. The van der Waals surface area contributed by atoms with Crippen molar-refractivity contribution in [2.24, 2.45) is 0 Å². The number of likely N-dealkylation sites (N-methyl/N-ethyl adjacent to an activating group) is 1. The third-order valence-corrected chi connectivity index (χ3v) is 2.36. The van der Waals surface area contributed by atoms with E-state index >= 15 is 0 Å². The molecule has 1 rings (SSSR count). The van der Waals surface area contributed by atoms with Crippen LogP contribution in [0.2, 0.25) is 0 Å². The highest BCUT2D eigenvalue weighted by Crippen LogP contribution is 2.02. The van der Waals surface area contributed by atoms with Gasteiger partial charge in [-0.2, -0.15) is 0 Å². The molecule has 0 spiro atoms. The molecule has 7 nitrogen and oxygen atoms in total. The lowest BCUT2D eigenvalue weighted by molar-refractivity contribution is -0.130. The van der Waals surface area contributed by atoms with Crippen LogP contribution in [-0.2, 0) is 4.79 Å². The molecule has 0 saturated heterocycles. The first-order valence-electron chi connectivity index (χ1n) is 5.66. The van der Waals surface area contributed by atoms with Gasteiger partial charge in [-0.05, 0) is 6.07 Å². The van der Waals surface area contributed by atoms with Crippen molar-refractivity contribution < 1.29 is 15.0 Å². The van der Waals surface area contributed by atoms with Gasteiger partial charge in [0.05, 0.1) is 19.8 Å². The lowest BCUT2D eigenvalue weighted by Crippen LogP contribution is -2.42. The standard InChI is InChI=1S/C11H18N4O3/c1-14(11-12-3-2-4-13-11)9-10(18)15(5-7-16)6-8-17/h2-4,16-17H,5-9H2,1H3. The summed E-state index contributed by atoms with van der Waals surface area (Å²) in [6.07, 6.45) is 3.20. The number of aliphatic hydroxyl groups is 2. The Morgan fingerprint density at radius 2 is 1.78 bits per heavy atom. The molecular weight excluding hydrogens is 236 g/mol. The Morgan fingerprint density at radius 1 is 1.22 bits per heavy atom. The summed E-state index contributed by atoms with van der Waals surface area (Å²) in [5, 5.41) is 17.7. The van der Waals surface area contributed by atoms with Crippen molar-refractivity contribution in [3.63, 3.8) is 0 Å². The molecule has 0 radical (unpaired) electrons. The Morgan fingerprint density at radius 3 is 2.28 bits per heavy atom. The van der Waals surface area contributed by atoms with Gasteiger partial charge in [0.25, 0.3) is 0 Å². The third-order valence-electron chi connectivity index (χ3n) is 2.36. The van der Waals surface area contributed by atoms with Crippen molar-refractivity contribution in [1.29, 1.82) is 0 Å².